The van der Waals surface area contributed by atoms with Crippen LogP contribution in [0.25, 0.3) is 0 Å². The predicted molar refractivity (Wildman–Crippen MR) is 66.3 cm³/mol. The van der Waals surface area contributed by atoms with E-state index in [4.69, 9.17) is 11.6 Å². The van der Waals surface area contributed by atoms with Crippen molar-refractivity contribution in [2.24, 2.45) is 5.41 Å². The van der Waals surface area contributed by atoms with Gasteiger partial charge in [0.05, 0.1) is 5.50 Å². The van der Waals surface area contributed by atoms with Crippen molar-refractivity contribution in [1.29, 1.82) is 0 Å². The lowest BCUT2D eigenvalue weighted by Crippen LogP contribution is -2.42. The molecule has 0 bridgehead atoms. The topological polar surface area (TPSA) is 3.24 Å². The van der Waals surface area contributed by atoms with Crippen LogP contribution in [0.4, 0.5) is 0 Å². The molecule has 15 heavy (non-hydrogen) atoms. The second kappa shape index (κ2) is 5.05. The van der Waals surface area contributed by atoms with E-state index in [9.17, 15) is 0 Å². The average molecular weight is 230 g/mol. The second-order valence-electron chi connectivity index (χ2n) is 5.47. The smallest absolute Gasteiger partial charge is 0.0850 e. The number of piperidine rings is 1. The zero-order valence-electron chi connectivity index (χ0n) is 9.97. The van der Waals surface area contributed by atoms with E-state index in [1.54, 1.807) is 0 Å². The van der Waals surface area contributed by atoms with Gasteiger partial charge in [0, 0.05) is 13.1 Å². The standard InChI is InChI=1S/C13H24ClN/c1-2-5-12(14)15-10-8-13(9-11-15)6-3-4-7-13/h12H,2-11H2,1H3. The van der Waals surface area contributed by atoms with Crippen LogP contribution in [-0.2, 0) is 0 Å². The average Bonchev–Trinajstić information content (AvgIpc) is 2.68. The molecule has 0 aromatic rings. The van der Waals surface area contributed by atoms with Gasteiger partial charge >= 0.3 is 0 Å². The van der Waals surface area contributed by atoms with Crippen molar-refractivity contribution in [3.05, 3.63) is 0 Å². The van der Waals surface area contributed by atoms with Crippen molar-refractivity contribution < 1.29 is 0 Å². The van der Waals surface area contributed by atoms with E-state index >= 15 is 0 Å². The number of hydrogen-bond donors (Lipinski definition) is 0. The third kappa shape index (κ3) is 2.68. The minimum atomic E-state index is 0.300. The highest BCUT2D eigenvalue weighted by atomic mass is 35.5. The molecule has 2 fully saturated rings. The van der Waals surface area contributed by atoms with Gasteiger partial charge in [0.1, 0.15) is 0 Å². The zero-order valence-corrected chi connectivity index (χ0v) is 10.7. The molecule has 1 heterocycles. The maximum Gasteiger partial charge on any atom is 0.0850 e. The number of halogens is 1. The van der Waals surface area contributed by atoms with E-state index < -0.39 is 0 Å². The Labute approximate surface area is 99.2 Å². The van der Waals surface area contributed by atoms with Gasteiger partial charge in [0.15, 0.2) is 0 Å². The summed E-state index contributed by atoms with van der Waals surface area (Å²) in [6.07, 6.45) is 11.1. The molecule has 1 spiro atoms. The van der Waals surface area contributed by atoms with Crippen LogP contribution in [0.2, 0.25) is 0 Å². The molecule has 0 radical (unpaired) electrons. The Morgan fingerprint density at radius 2 is 1.73 bits per heavy atom. The van der Waals surface area contributed by atoms with E-state index in [0.717, 1.165) is 11.8 Å². The molecule has 1 nitrogen and oxygen atoms in total. The number of nitrogens with zero attached hydrogens (tertiary/aromatic N) is 1. The van der Waals surface area contributed by atoms with E-state index in [2.05, 4.69) is 11.8 Å². The largest absolute Gasteiger partial charge is 0.287 e. The molecule has 1 saturated heterocycles. The van der Waals surface area contributed by atoms with Gasteiger partial charge in [-0.15, -0.1) is 11.6 Å². The highest BCUT2D eigenvalue weighted by Crippen LogP contribution is 2.46. The third-order valence-corrected chi connectivity index (χ3v) is 4.94. The summed E-state index contributed by atoms with van der Waals surface area (Å²) in [4.78, 5) is 2.49. The minimum Gasteiger partial charge on any atom is -0.287 e. The molecule has 1 atom stereocenters. The first-order chi connectivity index (χ1) is 7.26. The quantitative estimate of drug-likeness (QED) is 0.522. The number of hydrogen-bond acceptors (Lipinski definition) is 1. The molecule has 2 heteroatoms. The summed E-state index contributed by atoms with van der Waals surface area (Å²) in [5.74, 6) is 0. The molecular weight excluding hydrogens is 206 g/mol. The van der Waals surface area contributed by atoms with Gasteiger partial charge in [0.2, 0.25) is 0 Å². The van der Waals surface area contributed by atoms with Gasteiger partial charge in [-0.25, -0.2) is 0 Å². The van der Waals surface area contributed by atoms with Crippen molar-refractivity contribution in [1.82, 2.24) is 4.90 Å². The summed E-state index contributed by atoms with van der Waals surface area (Å²) in [5.41, 5.74) is 1.04. The molecule has 0 N–H and O–H groups in total. The van der Waals surface area contributed by atoms with Crippen molar-refractivity contribution in [3.63, 3.8) is 0 Å². The summed E-state index contributed by atoms with van der Waals surface area (Å²) < 4.78 is 0. The van der Waals surface area contributed by atoms with Crippen LogP contribution in [0, 0.1) is 5.41 Å². The molecule has 88 valence electrons. The summed E-state index contributed by atoms with van der Waals surface area (Å²) in [6.45, 7) is 4.71. The van der Waals surface area contributed by atoms with Crippen LogP contribution in [0.15, 0.2) is 0 Å². The molecule has 2 rings (SSSR count). The summed E-state index contributed by atoms with van der Waals surface area (Å²) >= 11 is 6.38. The van der Waals surface area contributed by atoms with Gasteiger partial charge in [-0.3, -0.25) is 4.90 Å². The normalized spacial score (nSPS) is 28.4. The fraction of sp³-hybridized carbons (Fsp3) is 1.00. The van der Waals surface area contributed by atoms with E-state index in [1.165, 1.54) is 58.0 Å². The van der Waals surface area contributed by atoms with Crippen molar-refractivity contribution in [2.45, 2.75) is 63.8 Å². The fourth-order valence-electron chi connectivity index (χ4n) is 3.32. The van der Waals surface area contributed by atoms with E-state index in [-0.39, 0.29) is 0 Å². The number of rotatable bonds is 3. The Balaban J connectivity index is 1.81. The van der Waals surface area contributed by atoms with Crippen molar-refractivity contribution >= 4 is 11.6 Å². The lowest BCUT2D eigenvalue weighted by Gasteiger charge is -2.41. The molecule has 1 aliphatic heterocycles. The van der Waals surface area contributed by atoms with Gasteiger partial charge in [-0.1, -0.05) is 26.2 Å². The highest BCUT2D eigenvalue weighted by Gasteiger charge is 2.37. The van der Waals surface area contributed by atoms with Crippen LogP contribution in [0.5, 0.6) is 0 Å². The van der Waals surface area contributed by atoms with Crippen LogP contribution >= 0.6 is 11.6 Å². The first kappa shape index (κ1) is 11.7. The molecule has 0 aromatic heterocycles. The van der Waals surface area contributed by atoms with Crippen LogP contribution in [0.1, 0.15) is 58.3 Å². The zero-order chi connectivity index (χ0) is 10.7. The Bertz CT molecular complexity index is 189. The summed E-state index contributed by atoms with van der Waals surface area (Å²) in [6, 6.07) is 0. The number of alkyl halides is 1. The molecule has 0 amide bonds. The molecule has 1 saturated carbocycles. The monoisotopic (exact) mass is 229 g/mol. The Kier molecular flexibility index (Phi) is 3.95. The Morgan fingerprint density at radius 3 is 2.27 bits per heavy atom. The molecular formula is C13H24ClN. The third-order valence-electron chi connectivity index (χ3n) is 4.45. The van der Waals surface area contributed by atoms with Crippen LogP contribution < -0.4 is 0 Å². The summed E-state index contributed by atoms with van der Waals surface area (Å²) in [5, 5.41) is 0. The van der Waals surface area contributed by atoms with E-state index in [1.807, 2.05) is 0 Å². The minimum absolute atomic E-state index is 0.300. The molecule has 1 unspecified atom stereocenters. The highest BCUT2D eigenvalue weighted by molar-refractivity contribution is 6.20. The first-order valence-electron chi connectivity index (χ1n) is 6.64. The first-order valence-corrected chi connectivity index (χ1v) is 7.07. The van der Waals surface area contributed by atoms with Gasteiger partial charge in [-0.2, -0.15) is 0 Å². The molecule has 0 aromatic carbocycles. The lowest BCUT2D eigenvalue weighted by molar-refractivity contribution is 0.0963. The summed E-state index contributed by atoms with van der Waals surface area (Å²) in [7, 11) is 0. The van der Waals surface area contributed by atoms with Crippen LogP contribution in [0.3, 0.4) is 0 Å². The maximum atomic E-state index is 6.38. The van der Waals surface area contributed by atoms with Crippen LogP contribution in [-0.4, -0.2) is 23.5 Å². The lowest BCUT2D eigenvalue weighted by atomic mass is 9.77. The Morgan fingerprint density at radius 1 is 1.13 bits per heavy atom. The predicted octanol–water partition coefficient (Wildman–Crippen LogP) is 4.01. The fourth-order valence-corrected chi connectivity index (χ4v) is 3.74. The van der Waals surface area contributed by atoms with Crippen molar-refractivity contribution in [2.75, 3.05) is 13.1 Å². The van der Waals surface area contributed by atoms with Gasteiger partial charge < -0.3 is 0 Å². The van der Waals surface area contributed by atoms with Gasteiger partial charge in [-0.05, 0) is 37.5 Å². The SMILES string of the molecule is CCCC(Cl)N1CCC2(CCCC2)CC1. The van der Waals surface area contributed by atoms with E-state index in [0.29, 0.717) is 5.50 Å². The second-order valence-corrected chi connectivity index (χ2v) is 5.97. The van der Waals surface area contributed by atoms with Gasteiger partial charge in [0.25, 0.3) is 0 Å². The maximum absolute atomic E-state index is 6.38. The number of likely N-dealkylation sites (tertiary alicyclic amines) is 1. The molecule has 1 aliphatic carbocycles. The Hall–Kier alpha value is 0.250. The van der Waals surface area contributed by atoms with Crippen molar-refractivity contribution in [3.8, 4) is 0 Å². The molecule has 2 aliphatic rings.